The average molecular weight is 295 g/mol. The van der Waals surface area contributed by atoms with Crippen LogP contribution in [0.1, 0.15) is 32.6 Å². The van der Waals surface area contributed by atoms with Crippen LogP contribution in [0.25, 0.3) is 0 Å². The van der Waals surface area contributed by atoms with Gasteiger partial charge in [-0.2, -0.15) is 0 Å². The number of aliphatic hydroxyl groups is 1. The highest BCUT2D eigenvalue weighted by Crippen LogP contribution is 2.32. The van der Waals surface area contributed by atoms with Crippen molar-refractivity contribution in [3.8, 4) is 0 Å². The molecule has 2 rings (SSSR count). The Morgan fingerprint density at radius 1 is 1.52 bits per heavy atom. The second kappa shape index (κ2) is 7.56. The molecule has 118 valence electrons. The van der Waals surface area contributed by atoms with Gasteiger partial charge in [-0.3, -0.25) is 4.79 Å². The highest BCUT2D eigenvalue weighted by atomic mass is 16.5. The van der Waals surface area contributed by atoms with Crippen LogP contribution in [0.15, 0.2) is 18.7 Å². The largest absolute Gasteiger partial charge is 0.466 e. The van der Waals surface area contributed by atoms with E-state index in [9.17, 15) is 9.90 Å². The molecule has 0 amide bonds. The molecule has 1 aromatic heterocycles. The van der Waals surface area contributed by atoms with E-state index in [2.05, 4.69) is 10.3 Å². The van der Waals surface area contributed by atoms with Crippen LogP contribution in [-0.4, -0.2) is 45.9 Å². The lowest BCUT2D eigenvalue weighted by atomic mass is 9.79. The monoisotopic (exact) mass is 295 g/mol. The first-order valence-corrected chi connectivity index (χ1v) is 7.68. The van der Waals surface area contributed by atoms with Crippen molar-refractivity contribution in [3.05, 3.63) is 18.7 Å². The fraction of sp³-hybridized carbons (Fsp3) is 0.733. The lowest BCUT2D eigenvalue weighted by Crippen LogP contribution is -2.45. The smallest absolute Gasteiger partial charge is 0.308 e. The fourth-order valence-electron chi connectivity index (χ4n) is 2.78. The number of aromatic nitrogens is 2. The highest BCUT2D eigenvalue weighted by molar-refractivity contribution is 5.72. The molecule has 1 aliphatic carbocycles. The summed E-state index contributed by atoms with van der Waals surface area (Å²) in [6.07, 6.45) is 8.16. The first-order chi connectivity index (χ1) is 10.1. The van der Waals surface area contributed by atoms with E-state index in [1.807, 2.05) is 17.7 Å². The Bertz CT molecular complexity index is 425. The van der Waals surface area contributed by atoms with Crippen LogP contribution < -0.4 is 5.32 Å². The number of carbonyl (C=O) groups excluding carboxylic acids is 1. The van der Waals surface area contributed by atoms with Gasteiger partial charge in [0.15, 0.2) is 0 Å². The molecule has 0 atom stereocenters. The van der Waals surface area contributed by atoms with E-state index in [1.165, 1.54) is 0 Å². The minimum Gasteiger partial charge on any atom is -0.466 e. The first kappa shape index (κ1) is 16.0. The standard InChI is InChI=1S/C15H25N3O3/c1-2-21-14(19)13-3-5-15(20,6-4-13)11-16-7-9-18-10-8-17-12-18/h8,10,12-13,16,20H,2-7,9,11H2,1H3. The second-order valence-electron chi connectivity index (χ2n) is 5.73. The minimum absolute atomic E-state index is 0.0452. The van der Waals surface area contributed by atoms with Crippen LogP contribution in [0.3, 0.4) is 0 Å². The minimum atomic E-state index is -0.696. The number of carbonyl (C=O) groups is 1. The van der Waals surface area contributed by atoms with Gasteiger partial charge in [0.25, 0.3) is 0 Å². The van der Waals surface area contributed by atoms with Crippen molar-refractivity contribution in [1.29, 1.82) is 0 Å². The van der Waals surface area contributed by atoms with Gasteiger partial charge >= 0.3 is 5.97 Å². The first-order valence-electron chi connectivity index (χ1n) is 7.68. The van der Waals surface area contributed by atoms with Crippen LogP contribution in [-0.2, 0) is 16.1 Å². The van der Waals surface area contributed by atoms with Gasteiger partial charge in [-0.1, -0.05) is 0 Å². The number of nitrogens with zero attached hydrogens (tertiary/aromatic N) is 2. The highest BCUT2D eigenvalue weighted by Gasteiger charge is 2.35. The van der Waals surface area contributed by atoms with Crippen molar-refractivity contribution in [2.24, 2.45) is 5.92 Å². The maximum atomic E-state index is 11.7. The van der Waals surface area contributed by atoms with Gasteiger partial charge in [0.2, 0.25) is 0 Å². The van der Waals surface area contributed by atoms with E-state index < -0.39 is 5.60 Å². The Hall–Kier alpha value is -1.40. The number of imidazole rings is 1. The number of hydrogen-bond acceptors (Lipinski definition) is 5. The van der Waals surface area contributed by atoms with E-state index in [1.54, 1.807) is 12.5 Å². The van der Waals surface area contributed by atoms with Gasteiger partial charge < -0.3 is 19.7 Å². The SMILES string of the molecule is CCOC(=O)C1CCC(O)(CNCCn2ccnc2)CC1. The van der Waals surface area contributed by atoms with Gasteiger partial charge in [0.05, 0.1) is 24.5 Å². The van der Waals surface area contributed by atoms with E-state index in [0.29, 0.717) is 38.8 Å². The Morgan fingerprint density at radius 3 is 2.90 bits per heavy atom. The summed E-state index contributed by atoms with van der Waals surface area (Å²) in [5, 5.41) is 13.8. The molecule has 0 radical (unpaired) electrons. The molecule has 6 nitrogen and oxygen atoms in total. The van der Waals surface area contributed by atoms with Gasteiger partial charge in [-0.25, -0.2) is 4.98 Å². The third-order valence-electron chi connectivity index (χ3n) is 4.10. The molecule has 0 aromatic carbocycles. The predicted octanol–water partition coefficient (Wildman–Crippen LogP) is 0.957. The molecule has 1 aliphatic rings. The van der Waals surface area contributed by atoms with Crippen LogP contribution in [0, 0.1) is 5.92 Å². The van der Waals surface area contributed by atoms with Crippen molar-refractivity contribution in [3.63, 3.8) is 0 Å². The summed E-state index contributed by atoms with van der Waals surface area (Å²) >= 11 is 0. The molecule has 1 fully saturated rings. The summed E-state index contributed by atoms with van der Waals surface area (Å²) in [4.78, 5) is 15.7. The van der Waals surface area contributed by atoms with Crippen molar-refractivity contribution in [2.45, 2.75) is 44.8 Å². The van der Waals surface area contributed by atoms with E-state index in [0.717, 1.165) is 13.1 Å². The molecule has 1 saturated carbocycles. The molecule has 0 aliphatic heterocycles. The Kier molecular flexibility index (Phi) is 5.76. The Morgan fingerprint density at radius 2 is 2.29 bits per heavy atom. The predicted molar refractivity (Wildman–Crippen MR) is 78.6 cm³/mol. The van der Waals surface area contributed by atoms with Crippen molar-refractivity contribution in [1.82, 2.24) is 14.9 Å². The number of ether oxygens (including phenoxy) is 1. The number of rotatable bonds is 7. The molecule has 21 heavy (non-hydrogen) atoms. The molecular formula is C15H25N3O3. The Balaban J connectivity index is 1.66. The third-order valence-corrected chi connectivity index (χ3v) is 4.10. The number of esters is 1. The fourth-order valence-corrected chi connectivity index (χ4v) is 2.78. The summed E-state index contributed by atoms with van der Waals surface area (Å²) in [5.74, 6) is -0.163. The number of hydrogen-bond donors (Lipinski definition) is 2. The topological polar surface area (TPSA) is 76.4 Å². The third kappa shape index (κ3) is 4.82. The second-order valence-corrected chi connectivity index (χ2v) is 5.73. The molecule has 6 heteroatoms. The number of nitrogens with one attached hydrogen (secondary N) is 1. The van der Waals surface area contributed by atoms with Crippen LogP contribution >= 0.6 is 0 Å². The van der Waals surface area contributed by atoms with Gasteiger partial charge in [-0.05, 0) is 32.6 Å². The van der Waals surface area contributed by atoms with Crippen LogP contribution in [0.2, 0.25) is 0 Å². The summed E-state index contributed by atoms with van der Waals surface area (Å²) < 4.78 is 7.04. The van der Waals surface area contributed by atoms with Crippen molar-refractivity contribution in [2.75, 3.05) is 19.7 Å². The zero-order valence-electron chi connectivity index (χ0n) is 12.6. The lowest BCUT2D eigenvalue weighted by molar-refractivity contribution is -0.151. The van der Waals surface area contributed by atoms with Crippen molar-refractivity contribution < 1.29 is 14.6 Å². The van der Waals surface area contributed by atoms with E-state index in [4.69, 9.17) is 4.74 Å². The molecule has 0 spiro atoms. The quantitative estimate of drug-likeness (QED) is 0.579. The van der Waals surface area contributed by atoms with Gasteiger partial charge in [0, 0.05) is 32.0 Å². The average Bonchev–Trinajstić information content (AvgIpc) is 2.98. The zero-order chi connectivity index (χ0) is 15.1. The molecule has 0 bridgehead atoms. The summed E-state index contributed by atoms with van der Waals surface area (Å²) in [7, 11) is 0. The van der Waals surface area contributed by atoms with Gasteiger partial charge in [-0.15, -0.1) is 0 Å². The summed E-state index contributed by atoms with van der Waals surface area (Å²) in [5.41, 5.74) is -0.696. The van der Waals surface area contributed by atoms with Crippen molar-refractivity contribution >= 4 is 5.97 Å². The Labute approximate surface area is 125 Å². The normalized spacial score (nSPS) is 25.7. The molecule has 1 heterocycles. The van der Waals surface area contributed by atoms with Crippen LogP contribution in [0.4, 0.5) is 0 Å². The molecule has 2 N–H and O–H groups in total. The van der Waals surface area contributed by atoms with Gasteiger partial charge in [0.1, 0.15) is 0 Å². The lowest BCUT2D eigenvalue weighted by Gasteiger charge is -2.35. The molecule has 1 aromatic rings. The summed E-state index contributed by atoms with van der Waals surface area (Å²) in [6.45, 7) is 4.44. The molecular weight excluding hydrogens is 270 g/mol. The molecule has 0 unspecified atom stereocenters. The van der Waals surface area contributed by atoms with E-state index >= 15 is 0 Å². The van der Waals surface area contributed by atoms with Crippen LogP contribution in [0.5, 0.6) is 0 Å². The summed E-state index contributed by atoms with van der Waals surface area (Å²) in [6, 6.07) is 0. The maximum absolute atomic E-state index is 11.7. The zero-order valence-corrected chi connectivity index (χ0v) is 12.6. The molecule has 0 saturated heterocycles. The maximum Gasteiger partial charge on any atom is 0.308 e. The van der Waals surface area contributed by atoms with E-state index in [-0.39, 0.29) is 11.9 Å².